The molecule has 13 heavy (non-hydrogen) atoms. The Morgan fingerprint density at radius 1 is 1.23 bits per heavy atom. The van der Waals surface area contributed by atoms with Crippen LogP contribution >= 0.6 is 15.9 Å². The van der Waals surface area contributed by atoms with Crippen molar-refractivity contribution in [1.82, 2.24) is 0 Å². The fraction of sp³-hybridized carbons (Fsp3) is 0.273. The molecule has 0 aliphatic rings. The van der Waals surface area contributed by atoms with E-state index in [9.17, 15) is 0 Å². The first-order valence-corrected chi connectivity index (χ1v) is 4.84. The van der Waals surface area contributed by atoms with Crippen molar-refractivity contribution in [2.75, 3.05) is 0 Å². The Labute approximate surface area is 101 Å². The van der Waals surface area contributed by atoms with Gasteiger partial charge in [-0.2, -0.15) is 26.5 Å². The van der Waals surface area contributed by atoms with Gasteiger partial charge in [0.2, 0.25) is 0 Å². The molecule has 64 valence electrons. The van der Waals surface area contributed by atoms with E-state index in [1.807, 2.05) is 18.2 Å². The number of allylic oxidation sites excluding steroid dienone is 1. The van der Waals surface area contributed by atoms with E-state index in [4.69, 9.17) is 0 Å². The third kappa shape index (κ3) is 3.73. The van der Waals surface area contributed by atoms with E-state index >= 15 is 0 Å². The van der Waals surface area contributed by atoms with Crippen LogP contribution in [0.3, 0.4) is 0 Å². The number of benzene rings is 1. The SMILES string of the molecule is CC(C)C(=[C-]Br)c1ccccc1.[Li+]. The van der Waals surface area contributed by atoms with E-state index in [1.54, 1.807) is 0 Å². The second-order valence-corrected chi connectivity index (χ2v) is 3.43. The maximum atomic E-state index is 3.27. The Hall–Kier alpha value is 0.0374. The Morgan fingerprint density at radius 2 is 1.77 bits per heavy atom. The van der Waals surface area contributed by atoms with Crippen LogP contribution in [-0.4, -0.2) is 0 Å². The van der Waals surface area contributed by atoms with Gasteiger partial charge >= 0.3 is 18.9 Å². The molecule has 0 fully saturated rings. The average molecular weight is 231 g/mol. The van der Waals surface area contributed by atoms with Gasteiger partial charge in [-0.1, -0.05) is 38.0 Å². The molecule has 0 bridgehead atoms. The van der Waals surface area contributed by atoms with Crippen LogP contribution in [0.1, 0.15) is 19.4 Å². The van der Waals surface area contributed by atoms with Gasteiger partial charge in [0.25, 0.3) is 0 Å². The van der Waals surface area contributed by atoms with Gasteiger partial charge in [0, 0.05) is 0 Å². The van der Waals surface area contributed by atoms with Crippen molar-refractivity contribution in [3.05, 3.63) is 40.9 Å². The van der Waals surface area contributed by atoms with E-state index in [2.05, 4.69) is 46.9 Å². The second-order valence-electron chi connectivity index (χ2n) is 3.03. The van der Waals surface area contributed by atoms with Gasteiger partial charge in [0.05, 0.1) is 0 Å². The topological polar surface area (TPSA) is 0 Å². The van der Waals surface area contributed by atoms with Crippen molar-refractivity contribution in [3.63, 3.8) is 0 Å². The van der Waals surface area contributed by atoms with Crippen molar-refractivity contribution in [3.8, 4) is 0 Å². The molecule has 0 heterocycles. The summed E-state index contributed by atoms with van der Waals surface area (Å²) in [7, 11) is 0. The Morgan fingerprint density at radius 3 is 2.15 bits per heavy atom. The molecule has 0 aliphatic heterocycles. The predicted molar refractivity (Wildman–Crippen MR) is 56.9 cm³/mol. The average Bonchev–Trinajstić information content (AvgIpc) is 2.07. The summed E-state index contributed by atoms with van der Waals surface area (Å²) in [5.41, 5.74) is 2.46. The number of halogens is 1. The molecular weight excluding hydrogens is 219 g/mol. The molecule has 0 aliphatic carbocycles. The number of rotatable bonds is 2. The van der Waals surface area contributed by atoms with E-state index in [0.717, 1.165) is 0 Å². The summed E-state index contributed by atoms with van der Waals surface area (Å²) in [5.74, 6) is 0.506. The van der Waals surface area contributed by atoms with E-state index in [1.165, 1.54) is 11.1 Å². The van der Waals surface area contributed by atoms with Gasteiger partial charge in [-0.15, -0.1) is 12.1 Å². The second kappa shape index (κ2) is 6.49. The van der Waals surface area contributed by atoms with Gasteiger partial charge in [0.1, 0.15) is 0 Å². The Kier molecular flexibility index (Phi) is 6.50. The van der Waals surface area contributed by atoms with E-state index < -0.39 is 0 Å². The third-order valence-electron chi connectivity index (χ3n) is 1.76. The maximum Gasteiger partial charge on any atom is 1.00 e. The third-order valence-corrected chi connectivity index (χ3v) is 2.19. The molecule has 1 aromatic rings. The molecule has 0 radical (unpaired) electrons. The number of hydrogen-bond acceptors (Lipinski definition) is 0. The summed E-state index contributed by atoms with van der Waals surface area (Å²) in [4.78, 5) is 3.05. The summed E-state index contributed by atoms with van der Waals surface area (Å²) in [6.45, 7) is 4.33. The van der Waals surface area contributed by atoms with Crippen molar-refractivity contribution >= 4 is 21.5 Å². The van der Waals surface area contributed by atoms with Gasteiger partial charge in [-0.05, 0) is 0 Å². The Balaban J connectivity index is 0.00000144. The predicted octanol–water partition coefficient (Wildman–Crippen LogP) is 0.886. The summed E-state index contributed by atoms with van der Waals surface area (Å²) in [6, 6.07) is 10.3. The molecule has 0 unspecified atom stereocenters. The van der Waals surface area contributed by atoms with Crippen LogP contribution in [-0.2, 0) is 0 Å². The molecule has 0 saturated carbocycles. The van der Waals surface area contributed by atoms with Crippen LogP contribution in [0.4, 0.5) is 0 Å². The first-order valence-electron chi connectivity index (χ1n) is 4.04. The summed E-state index contributed by atoms with van der Waals surface area (Å²) in [6.07, 6.45) is 0. The van der Waals surface area contributed by atoms with Crippen molar-refractivity contribution in [2.45, 2.75) is 13.8 Å². The molecule has 1 rings (SSSR count). The van der Waals surface area contributed by atoms with E-state index in [0.29, 0.717) is 5.92 Å². The minimum atomic E-state index is 0. The fourth-order valence-electron chi connectivity index (χ4n) is 1.11. The van der Waals surface area contributed by atoms with Crippen LogP contribution in [0.5, 0.6) is 0 Å². The Bertz CT molecular complexity index is 265. The zero-order valence-electron chi connectivity index (χ0n) is 8.34. The first-order chi connectivity index (χ1) is 5.75. The summed E-state index contributed by atoms with van der Waals surface area (Å²) < 4.78 is 0. The molecule has 0 nitrogen and oxygen atoms in total. The summed E-state index contributed by atoms with van der Waals surface area (Å²) in [5, 5.41) is 0. The maximum absolute atomic E-state index is 3.27. The van der Waals surface area contributed by atoms with Crippen LogP contribution in [0.2, 0.25) is 0 Å². The zero-order valence-corrected chi connectivity index (χ0v) is 9.93. The zero-order chi connectivity index (χ0) is 8.97. The largest absolute Gasteiger partial charge is 1.00 e. The van der Waals surface area contributed by atoms with Crippen LogP contribution in [0.15, 0.2) is 30.3 Å². The number of hydrogen-bond donors (Lipinski definition) is 0. The van der Waals surface area contributed by atoms with Gasteiger partial charge in [0.15, 0.2) is 0 Å². The molecule has 0 N–H and O–H groups in total. The molecular formula is C11H12BrLi. The quantitative estimate of drug-likeness (QED) is 0.523. The van der Waals surface area contributed by atoms with Crippen LogP contribution in [0.25, 0.3) is 5.57 Å². The van der Waals surface area contributed by atoms with Gasteiger partial charge in [-0.3, -0.25) is 0 Å². The minimum absolute atomic E-state index is 0. The van der Waals surface area contributed by atoms with Gasteiger partial charge in [-0.25, -0.2) is 5.57 Å². The van der Waals surface area contributed by atoms with Crippen LogP contribution < -0.4 is 18.9 Å². The molecule has 0 atom stereocenters. The molecule has 0 amide bonds. The minimum Gasteiger partial charge on any atom is -0.203 e. The molecule has 0 saturated heterocycles. The van der Waals surface area contributed by atoms with Gasteiger partial charge < -0.3 is 0 Å². The van der Waals surface area contributed by atoms with Crippen LogP contribution in [0, 0.1) is 10.9 Å². The molecule has 2 heteroatoms. The normalized spacial score (nSPS) is 11.2. The monoisotopic (exact) mass is 230 g/mol. The molecule has 0 aromatic heterocycles. The molecule has 0 spiro atoms. The van der Waals surface area contributed by atoms with Crippen molar-refractivity contribution in [1.29, 1.82) is 0 Å². The van der Waals surface area contributed by atoms with Crippen molar-refractivity contribution in [2.24, 2.45) is 5.92 Å². The van der Waals surface area contributed by atoms with Crippen molar-refractivity contribution < 1.29 is 18.9 Å². The smallest absolute Gasteiger partial charge is 0.203 e. The fourth-order valence-corrected chi connectivity index (χ4v) is 1.80. The molecule has 1 aromatic carbocycles. The standard InChI is InChI=1S/C11H12Br.Li/c1-9(2)11(8-12)10-6-4-3-5-7-10;/h3-7,9H,1-2H3;/q-1;+1. The van der Waals surface area contributed by atoms with E-state index in [-0.39, 0.29) is 18.9 Å². The first kappa shape index (κ1) is 13.0. The summed E-state index contributed by atoms with van der Waals surface area (Å²) >= 11 is 3.27.